The number of aromatic nitrogens is 3. The summed E-state index contributed by atoms with van der Waals surface area (Å²) in [5.74, 6) is 0.336. The number of fused-ring (bicyclic) bond motifs is 1. The number of carbonyl (C=O) groups is 1. The van der Waals surface area contributed by atoms with E-state index in [0.29, 0.717) is 17.4 Å². The zero-order valence-corrected chi connectivity index (χ0v) is 14.5. The van der Waals surface area contributed by atoms with E-state index in [1.54, 1.807) is 11.3 Å². The van der Waals surface area contributed by atoms with Crippen LogP contribution in [-0.2, 0) is 24.1 Å². The summed E-state index contributed by atoms with van der Waals surface area (Å²) in [4.78, 5) is 17.9. The fraction of sp³-hybridized carbons (Fsp3) is 0.538. The maximum absolute atomic E-state index is 11.8. The van der Waals surface area contributed by atoms with E-state index in [2.05, 4.69) is 20.5 Å². The Morgan fingerprint density at radius 3 is 2.91 bits per heavy atom. The van der Waals surface area contributed by atoms with Crippen LogP contribution in [-0.4, -0.2) is 33.4 Å². The van der Waals surface area contributed by atoms with Gasteiger partial charge in [0.25, 0.3) is 0 Å². The highest BCUT2D eigenvalue weighted by Crippen LogP contribution is 2.26. The van der Waals surface area contributed by atoms with Gasteiger partial charge < -0.3 is 11.1 Å². The molecule has 0 atom stereocenters. The highest BCUT2D eigenvalue weighted by molar-refractivity contribution is 8.01. The lowest BCUT2D eigenvalue weighted by atomic mass is 10.0. The van der Waals surface area contributed by atoms with Crippen LogP contribution >= 0.6 is 34.4 Å². The van der Waals surface area contributed by atoms with Crippen molar-refractivity contribution in [2.45, 2.75) is 36.4 Å². The second-order valence-corrected chi connectivity index (χ2v) is 8.38. The number of nitrogen functional groups attached to an aromatic ring is 1. The van der Waals surface area contributed by atoms with E-state index in [9.17, 15) is 4.79 Å². The highest BCUT2D eigenvalue weighted by Gasteiger charge is 2.15. The first-order valence-electron chi connectivity index (χ1n) is 7.16. The molecule has 0 fully saturated rings. The Balaban J connectivity index is 1.39. The molecule has 0 aliphatic heterocycles. The molecule has 3 N–H and O–H groups in total. The minimum absolute atomic E-state index is 0.0000841. The van der Waals surface area contributed by atoms with Crippen LogP contribution in [0.2, 0.25) is 0 Å². The molecule has 1 aliphatic rings. The average Bonchev–Trinajstić information content (AvgIpc) is 3.10. The van der Waals surface area contributed by atoms with Crippen molar-refractivity contribution >= 4 is 45.5 Å². The van der Waals surface area contributed by atoms with Gasteiger partial charge >= 0.3 is 0 Å². The Hall–Kier alpha value is -1.19. The molecular formula is C13H17N5OS3. The van der Waals surface area contributed by atoms with Crippen LogP contribution in [0.25, 0.3) is 0 Å². The van der Waals surface area contributed by atoms with Crippen molar-refractivity contribution in [1.82, 2.24) is 20.5 Å². The third kappa shape index (κ3) is 4.17. The van der Waals surface area contributed by atoms with Gasteiger partial charge in [0.15, 0.2) is 4.34 Å². The fourth-order valence-electron chi connectivity index (χ4n) is 2.28. The standard InChI is InChI=1S/C13H17N5OS3/c14-12-17-18-13(22-12)20-7-10(19)15-6-5-11-16-8-3-1-2-4-9(8)21-11/h1-7H2,(H2,14,17)(H,15,19). The van der Waals surface area contributed by atoms with Crippen LogP contribution in [0.4, 0.5) is 5.13 Å². The Labute approximate surface area is 140 Å². The molecular weight excluding hydrogens is 338 g/mol. The van der Waals surface area contributed by atoms with E-state index in [-0.39, 0.29) is 5.91 Å². The number of hydrogen-bond acceptors (Lipinski definition) is 8. The lowest BCUT2D eigenvalue weighted by Crippen LogP contribution is -2.27. The van der Waals surface area contributed by atoms with E-state index in [4.69, 9.17) is 5.73 Å². The van der Waals surface area contributed by atoms with Crippen molar-refractivity contribution in [3.63, 3.8) is 0 Å². The van der Waals surface area contributed by atoms with Crippen molar-refractivity contribution in [3.8, 4) is 0 Å². The summed E-state index contributed by atoms with van der Waals surface area (Å²) >= 11 is 4.46. The second kappa shape index (κ2) is 7.38. The SMILES string of the molecule is Nc1nnc(SCC(=O)NCCc2nc3c(s2)CCCC3)s1. The fourth-order valence-corrected chi connectivity index (χ4v) is 4.90. The van der Waals surface area contributed by atoms with Gasteiger partial charge in [0.2, 0.25) is 11.0 Å². The first-order valence-corrected chi connectivity index (χ1v) is 9.78. The van der Waals surface area contributed by atoms with Gasteiger partial charge in [-0.25, -0.2) is 4.98 Å². The highest BCUT2D eigenvalue weighted by atomic mass is 32.2. The first kappa shape index (κ1) is 15.7. The quantitative estimate of drug-likeness (QED) is 0.769. The predicted octanol–water partition coefficient (Wildman–Crippen LogP) is 1.91. The largest absolute Gasteiger partial charge is 0.374 e. The van der Waals surface area contributed by atoms with Crippen LogP contribution in [0.1, 0.15) is 28.4 Å². The molecule has 2 aromatic rings. The van der Waals surface area contributed by atoms with Gasteiger partial charge in [-0.3, -0.25) is 4.79 Å². The van der Waals surface area contributed by atoms with Crippen molar-refractivity contribution in [1.29, 1.82) is 0 Å². The van der Waals surface area contributed by atoms with E-state index >= 15 is 0 Å². The van der Waals surface area contributed by atoms with Gasteiger partial charge in [0, 0.05) is 17.8 Å². The Morgan fingerprint density at radius 1 is 1.27 bits per heavy atom. The number of anilines is 1. The number of nitrogens with two attached hydrogens (primary N) is 1. The van der Waals surface area contributed by atoms with E-state index in [0.717, 1.165) is 22.2 Å². The number of rotatable bonds is 6. The summed E-state index contributed by atoms with van der Waals surface area (Å²) in [6.45, 7) is 0.629. The van der Waals surface area contributed by atoms with Crippen LogP contribution in [0.15, 0.2) is 4.34 Å². The predicted molar refractivity (Wildman–Crippen MR) is 90.5 cm³/mol. The Bertz CT molecular complexity index is 630. The molecule has 0 saturated carbocycles. The molecule has 0 spiro atoms. The molecule has 1 amide bonds. The number of carbonyl (C=O) groups excluding carboxylic acids is 1. The zero-order valence-electron chi connectivity index (χ0n) is 12.0. The van der Waals surface area contributed by atoms with E-state index in [1.807, 2.05) is 0 Å². The number of nitrogens with zero attached hydrogens (tertiary/aromatic N) is 3. The molecule has 3 rings (SSSR count). The average molecular weight is 356 g/mol. The Morgan fingerprint density at radius 2 is 2.14 bits per heavy atom. The smallest absolute Gasteiger partial charge is 0.230 e. The van der Waals surface area contributed by atoms with Crippen LogP contribution < -0.4 is 11.1 Å². The number of thiazole rings is 1. The molecule has 1 aliphatic carbocycles. The maximum atomic E-state index is 11.8. The van der Waals surface area contributed by atoms with Crippen molar-refractivity contribution < 1.29 is 4.79 Å². The monoisotopic (exact) mass is 355 g/mol. The molecule has 22 heavy (non-hydrogen) atoms. The first-order chi connectivity index (χ1) is 10.7. The molecule has 0 unspecified atom stereocenters. The Kier molecular flexibility index (Phi) is 5.27. The summed E-state index contributed by atoms with van der Waals surface area (Å²) in [5.41, 5.74) is 6.78. The van der Waals surface area contributed by atoms with Crippen LogP contribution in [0.5, 0.6) is 0 Å². The summed E-state index contributed by atoms with van der Waals surface area (Å²) < 4.78 is 0.722. The van der Waals surface area contributed by atoms with Gasteiger partial charge in [-0.2, -0.15) is 0 Å². The van der Waals surface area contributed by atoms with Gasteiger partial charge in [-0.05, 0) is 25.7 Å². The lowest BCUT2D eigenvalue weighted by Gasteiger charge is -2.06. The molecule has 0 bridgehead atoms. The number of amides is 1. The van der Waals surface area contributed by atoms with Crippen LogP contribution in [0.3, 0.4) is 0 Å². The van der Waals surface area contributed by atoms with E-state index in [1.165, 1.54) is 52.9 Å². The van der Waals surface area contributed by atoms with Gasteiger partial charge in [-0.1, -0.05) is 23.1 Å². The van der Waals surface area contributed by atoms with Gasteiger partial charge in [-0.15, -0.1) is 21.5 Å². The zero-order chi connectivity index (χ0) is 15.4. The summed E-state index contributed by atoms with van der Waals surface area (Å²) in [6.07, 6.45) is 5.61. The number of nitrogens with one attached hydrogen (secondary N) is 1. The normalized spacial score (nSPS) is 13.8. The second-order valence-electron chi connectivity index (χ2n) is 4.98. The number of thioether (sulfide) groups is 1. The van der Waals surface area contributed by atoms with Gasteiger partial charge in [0.1, 0.15) is 0 Å². The maximum Gasteiger partial charge on any atom is 0.230 e. The molecule has 0 radical (unpaired) electrons. The van der Waals surface area contributed by atoms with Gasteiger partial charge in [0.05, 0.1) is 16.5 Å². The minimum Gasteiger partial charge on any atom is -0.374 e. The minimum atomic E-state index is 0.0000841. The number of hydrogen-bond donors (Lipinski definition) is 2. The number of aryl methyl sites for hydroxylation is 2. The topological polar surface area (TPSA) is 93.8 Å². The third-order valence-corrected chi connectivity index (χ3v) is 6.40. The lowest BCUT2D eigenvalue weighted by molar-refractivity contribution is -0.118. The summed E-state index contributed by atoms with van der Waals surface area (Å²) in [5, 5.41) is 12.1. The molecule has 6 nitrogen and oxygen atoms in total. The van der Waals surface area contributed by atoms with E-state index < -0.39 is 0 Å². The molecule has 2 heterocycles. The summed E-state index contributed by atoms with van der Waals surface area (Å²) in [7, 11) is 0. The molecule has 118 valence electrons. The molecule has 9 heteroatoms. The molecule has 0 saturated heterocycles. The van der Waals surface area contributed by atoms with Crippen molar-refractivity contribution in [2.24, 2.45) is 0 Å². The van der Waals surface area contributed by atoms with Crippen molar-refractivity contribution in [2.75, 3.05) is 18.0 Å². The summed E-state index contributed by atoms with van der Waals surface area (Å²) in [6, 6.07) is 0. The van der Waals surface area contributed by atoms with Crippen LogP contribution in [0, 0.1) is 0 Å². The van der Waals surface area contributed by atoms with Crippen molar-refractivity contribution in [3.05, 3.63) is 15.6 Å². The molecule has 2 aromatic heterocycles. The molecule has 0 aromatic carbocycles. The third-order valence-electron chi connectivity index (χ3n) is 3.30.